The van der Waals surface area contributed by atoms with Gasteiger partial charge in [-0.2, -0.15) is 0 Å². The standard InChI is InChI=1S/C20H17Cl2N3O2S2/c21-13-1-2-15(22)14(9-13)16-11-29-20(23-16)24-18(26)3-4-19(27)25-7-5-17-12(10-25)6-8-28-17/h1-2,6,8-9,11H,3-5,7,10H2,(H,23,24,26). The number of nitrogens with zero attached hydrogens (tertiary/aromatic N) is 2. The van der Waals surface area contributed by atoms with Crippen molar-refractivity contribution in [1.82, 2.24) is 9.88 Å². The molecule has 9 heteroatoms. The summed E-state index contributed by atoms with van der Waals surface area (Å²) < 4.78 is 0. The minimum absolute atomic E-state index is 0.00235. The Kier molecular flexibility index (Phi) is 6.20. The van der Waals surface area contributed by atoms with Crippen LogP contribution in [-0.2, 0) is 22.6 Å². The molecule has 3 aromatic rings. The van der Waals surface area contributed by atoms with E-state index in [4.69, 9.17) is 23.2 Å². The molecule has 0 aliphatic carbocycles. The molecule has 2 aromatic heterocycles. The van der Waals surface area contributed by atoms with E-state index in [1.807, 2.05) is 10.3 Å². The Labute approximate surface area is 186 Å². The SMILES string of the molecule is O=C(CCC(=O)N1CCc2sccc2C1)Nc1nc(-c2cc(Cl)ccc2Cl)cs1. The third kappa shape index (κ3) is 4.80. The fraction of sp³-hybridized carbons (Fsp3) is 0.250. The summed E-state index contributed by atoms with van der Waals surface area (Å²) in [7, 11) is 0. The van der Waals surface area contributed by atoms with Gasteiger partial charge in [-0.15, -0.1) is 22.7 Å². The lowest BCUT2D eigenvalue weighted by molar-refractivity contribution is -0.133. The average molecular weight is 466 g/mol. The molecule has 0 spiro atoms. The van der Waals surface area contributed by atoms with Gasteiger partial charge in [-0.05, 0) is 41.6 Å². The molecule has 1 N–H and O–H groups in total. The van der Waals surface area contributed by atoms with Crippen molar-refractivity contribution in [2.24, 2.45) is 0 Å². The van der Waals surface area contributed by atoms with E-state index < -0.39 is 0 Å². The normalized spacial score (nSPS) is 13.2. The molecule has 0 fully saturated rings. The Balaban J connectivity index is 1.31. The van der Waals surface area contributed by atoms with E-state index in [-0.39, 0.29) is 24.7 Å². The van der Waals surface area contributed by atoms with E-state index >= 15 is 0 Å². The highest BCUT2D eigenvalue weighted by Gasteiger charge is 2.22. The predicted octanol–water partition coefficient (Wildman–Crippen LogP) is 5.48. The Morgan fingerprint density at radius 3 is 2.90 bits per heavy atom. The van der Waals surface area contributed by atoms with Gasteiger partial charge in [-0.3, -0.25) is 9.59 Å². The van der Waals surface area contributed by atoms with Gasteiger partial charge in [-0.1, -0.05) is 23.2 Å². The quantitative estimate of drug-likeness (QED) is 0.542. The molecule has 150 valence electrons. The van der Waals surface area contributed by atoms with Crippen LogP contribution >= 0.6 is 45.9 Å². The molecule has 0 bridgehead atoms. The second-order valence-corrected chi connectivity index (χ2v) is 9.35. The number of hydrogen-bond donors (Lipinski definition) is 1. The zero-order valence-corrected chi connectivity index (χ0v) is 18.4. The smallest absolute Gasteiger partial charge is 0.226 e. The van der Waals surface area contributed by atoms with Crippen LogP contribution in [0.5, 0.6) is 0 Å². The second kappa shape index (κ2) is 8.83. The summed E-state index contributed by atoms with van der Waals surface area (Å²) in [5.41, 5.74) is 2.58. The Morgan fingerprint density at radius 1 is 1.17 bits per heavy atom. The van der Waals surface area contributed by atoms with Gasteiger partial charge in [0.05, 0.1) is 10.7 Å². The zero-order chi connectivity index (χ0) is 20.4. The number of thiophene rings is 1. The van der Waals surface area contributed by atoms with Gasteiger partial charge in [0, 0.05) is 46.8 Å². The lowest BCUT2D eigenvalue weighted by atomic mass is 10.1. The van der Waals surface area contributed by atoms with Crippen molar-refractivity contribution in [3.8, 4) is 11.3 Å². The molecule has 1 aromatic carbocycles. The van der Waals surface area contributed by atoms with Crippen molar-refractivity contribution in [3.63, 3.8) is 0 Å². The molecule has 0 unspecified atom stereocenters. The molecular formula is C20H17Cl2N3O2S2. The summed E-state index contributed by atoms with van der Waals surface area (Å²) in [5.74, 6) is -0.229. The second-order valence-electron chi connectivity index (χ2n) is 6.64. The number of amides is 2. The highest BCUT2D eigenvalue weighted by atomic mass is 35.5. The molecule has 3 heterocycles. The van der Waals surface area contributed by atoms with Gasteiger partial charge in [-0.25, -0.2) is 4.98 Å². The minimum Gasteiger partial charge on any atom is -0.338 e. The summed E-state index contributed by atoms with van der Waals surface area (Å²) in [4.78, 5) is 32.3. The molecule has 29 heavy (non-hydrogen) atoms. The Morgan fingerprint density at radius 2 is 2.03 bits per heavy atom. The number of benzene rings is 1. The number of aromatic nitrogens is 1. The van der Waals surface area contributed by atoms with Crippen LogP contribution in [0.2, 0.25) is 10.0 Å². The number of fused-ring (bicyclic) bond motifs is 1. The van der Waals surface area contributed by atoms with Crippen LogP contribution in [0.3, 0.4) is 0 Å². The first-order chi connectivity index (χ1) is 14.0. The van der Waals surface area contributed by atoms with E-state index in [2.05, 4.69) is 21.7 Å². The van der Waals surface area contributed by atoms with Crippen LogP contribution in [0.4, 0.5) is 5.13 Å². The molecular weight excluding hydrogens is 449 g/mol. The topological polar surface area (TPSA) is 62.3 Å². The van der Waals surface area contributed by atoms with E-state index in [1.54, 1.807) is 29.5 Å². The molecule has 4 rings (SSSR count). The number of rotatable bonds is 5. The highest BCUT2D eigenvalue weighted by Crippen LogP contribution is 2.32. The van der Waals surface area contributed by atoms with Crippen LogP contribution in [0, 0.1) is 0 Å². The fourth-order valence-electron chi connectivity index (χ4n) is 3.17. The molecule has 1 aliphatic rings. The molecule has 0 radical (unpaired) electrons. The molecule has 5 nitrogen and oxygen atoms in total. The molecule has 0 saturated carbocycles. The third-order valence-corrected chi connectivity index (χ3v) is 7.03. The zero-order valence-electron chi connectivity index (χ0n) is 15.3. The Hall–Kier alpha value is -1.93. The van der Waals surface area contributed by atoms with Gasteiger partial charge >= 0.3 is 0 Å². The van der Waals surface area contributed by atoms with E-state index in [9.17, 15) is 9.59 Å². The van der Waals surface area contributed by atoms with Gasteiger partial charge in [0.25, 0.3) is 0 Å². The monoisotopic (exact) mass is 465 g/mol. The van der Waals surface area contributed by atoms with Crippen molar-refractivity contribution in [2.45, 2.75) is 25.8 Å². The van der Waals surface area contributed by atoms with Crippen LogP contribution in [0.25, 0.3) is 11.3 Å². The van der Waals surface area contributed by atoms with E-state index in [0.717, 1.165) is 6.42 Å². The predicted molar refractivity (Wildman–Crippen MR) is 119 cm³/mol. The van der Waals surface area contributed by atoms with Gasteiger partial charge in [0.2, 0.25) is 11.8 Å². The summed E-state index contributed by atoms with van der Waals surface area (Å²) in [6, 6.07) is 7.22. The first-order valence-corrected chi connectivity index (χ1v) is 11.5. The summed E-state index contributed by atoms with van der Waals surface area (Å²) in [6.45, 7) is 1.35. The van der Waals surface area contributed by atoms with Gasteiger partial charge in [0.15, 0.2) is 5.13 Å². The highest BCUT2D eigenvalue weighted by molar-refractivity contribution is 7.14. The minimum atomic E-state index is -0.232. The first-order valence-electron chi connectivity index (χ1n) is 9.03. The van der Waals surface area contributed by atoms with Crippen molar-refractivity contribution < 1.29 is 9.59 Å². The fourth-order valence-corrected chi connectivity index (χ4v) is 5.17. The third-order valence-electron chi connectivity index (χ3n) is 4.68. The largest absolute Gasteiger partial charge is 0.338 e. The van der Waals surface area contributed by atoms with Crippen molar-refractivity contribution >= 4 is 62.8 Å². The number of carbonyl (C=O) groups is 2. The number of hydrogen-bond acceptors (Lipinski definition) is 5. The maximum Gasteiger partial charge on any atom is 0.226 e. The van der Waals surface area contributed by atoms with E-state index in [1.165, 1.54) is 21.8 Å². The average Bonchev–Trinajstić information content (AvgIpc) is 3.36. The summed E-state index contributed by atoms with van der Waals surface area (Å²) in [5, 5.41) is 8.20. The molecule has 2 amide bonds. The molecule has 0 atom stereocenters. The number of thiazole rings is 1. The van der Waals surface area contributed by atoms with Gasteiger partial charge in [0.1, 0.15) is 0 Å². The number of anilines is 1. The van der Waals surface area contributed by atoms with Gasteiger partial charge < -0.3 is 10.2 Å². The molecule has 1 aliphatic heterocycles. The van der Waals surface area contributed by atoms with Crippen molar-refractivity contribution in [3.05, 3.63) is 55.5 Å². The number of halogens is 2. The first kappa shape index (κ1) is 20.3. The summed E-state index contributed by atoms with van der Waals surface area (Å²) >= 11 is 15.3. The molecule has 0 saturated heterocycles. The van der Waals surface area contributed by atoms with Crippen LogP contribution < -0.4 is 5.32 Å². The number of carbonyl (C=O) groups excluding carboxylic acids is 2. The van der Waals surface area contributed by atoms with Crippen LogP contribution in [0.1, 0.15) is 23.3 Å². The van der Waals surface area contributed by atoms with E-state index in [0.29, 0.717) is 39.5 Å². The number of nitrogens with one attached hydrogen (secondary N) is 1. The lowest BCUT2D eigenvalue weighted by Crippen LogP contribution is -2.35. The lowest BCUT2D eigenvalue weighted by Gasteiger charge is -2.27. The van der Waals surface area contributed by atoms with Crippen LogP contribution in [0.15, 0.2) is 35.0 Å². The van der Waals surface area contributed by atoms with Crippen molar-refractivity contribution in [1.29, 1.82) is 0 Å². The Bertz CT molecular complexity index is 1060. The maximum absolute atomic E-state index is 12.5. The maximum atomic E-state index is 12.5. The van der Waals surface area contributed by atoms with Crippen molar-refractivity contribution in [2.75, 3.05) is 11.9 Å². The summed E-state index contributed by atoms with van der Waals surface area (Å²) in [6.07, 6.45) is 1.20. The van der Waals surface area contributed by atoms with Crippen LogP contribution in [-0.4, -0.2) is 28.2 Å².